The molecule has 3 rings (SSSR count). The van der Waals surface area contributed by atoms with E-state index >= 15 is 0 Å². The lowest BCUT2D eigenvalue weighted by atomic mass is 10.0. The SMILES string of the molecule is NC(Cc1c[nH]c2ccccc12)C(=O)NC(Cc1ccccc1)C(=O)NC(CCC(=O)O)C(=O)NC(CC(=O)O)C(=O)O. The van der Waals surface area contributed by atoms with Crippen molar-refractivity contribution in [2.45, 2.75) is 56.3 Å². The number of carbonyl (C=O) groups is 6. The second kappa shape index (κ2) is 15.1. The number of aliphatic carboxylic acids is 3. The van der Waals surface area contributed by atoms with Gasteiger partial charge in [0.1, 0.15) is 18.1 Å². The Morgan fingerprint density at radius 2 is 1.33 bits per heavy atom. The summed E-state index contributed by atoms with van der Waals surface area (Å²) < 4.78 is 0. The minimum Gasteiger partial charge on any atom is -0.481 e. The summed E-state index contributed by atoms with van der Waals surface area (Å²) in [6, 6.07) is 10.4. The monoisotopic (exact) mass is 595 g/mol. The second-order valence-corrected chi connectivity index (χ2v) is 9.91. The molecule has 228 valence electrons. The van der Waals surface area contributed by atoms with Gasteiger partial charge in [0.25, 0.3) is 0 Å². The molecule has 0 bridgehead atoms. The first kappa shape index (κ1) is 32.3. The minimum atomic E-state index is -1.82. The molecule has 0 aliphatic heterocycles. The summed E-state index contributed by atoms with van der Waals surface area (Å²) in [7, 11) is 0. The van der Waals surface area contributed by atoms with E-state index in [-0.39, 0.29) is 12.8 Å². The number of H-pyrrole nitrogens is 1. The molecule has 3 aromatic rings. The van der Waals surface area contributed by atoms with Crippen LogP contribution in [-0.2, 0) is 41.6 Å². The van der Waals surface area contributed by atoms with Gasteiger partial charge in [-0.3, -0.25) is 24.0 Å². The Balaban J connectivity index is 1.78. The van der Waals surface area contributed by atoms with Crippen LogP contribution in [-0.4, -0.2) is 80.1 Å². The van der Waals surface area contributed by atoms with Crippen LogP contribution in [0.3, 0.4) is 0 Å². The highest BCUT2D eigenvalue weighted by atomic mass is 16.4. The first-order chi connectivity index (χ1) is 20.4. The van der Waals surface area contributed by atoms with Crippen LogP contribution in [0.25, 0.3) is 10.9 Å². The maximum absolute atomic E-state index is 13.4. The van der Waals surface area contributed by atoms with Gasteiger partial charge in [0.2, 0.25) is 17.7 Å². The number of hydrogen-bond donors (Lipinski definition) is 8. The first-order valence-electron chi connectivity index (χ1n) is 13.4. The molecule has 1 aromatic heterocycles. The second-order valence-electron chi connectivity index (χ2n) is 9.91. The van der Waals surface area contributed by atoms with E-state index in [9.17, 15) is 33.9 Å². The standard InChI is InChI=1S/C29H33N5O9/c30-19(13-17-15-31-20-9-5-4-8-18(17)20)26(39)33-22(12-16-6-2-1-3-7-16)28(41)32-21(10-11-24(35)36)27(40)34-23(29(42)43)14-25(37)38/h1-9,15,19,21-23,31H,10-14,30H2,(H,32,41)(H,33,39)(H,34,40)(H,35,36)(H,37,38)(H,42,43). The fraction of sp³-hybridized carbons (Fsp3) is 0.310. The maximum atomic E-state index is 13.4. The summed E-state index contributed by atoms with van der Waals surface area (Å²) in [5, 5.41) is 35.3. The Bertz CT molecular complexity index is 1470. The van der Waals surface area contributed by atoms with Crippen molar-refractivity contribution in [2.75, 3.05) is 0 Å². The van der Waals surface area contributed by atoms with Gasteiger partial charge >= 0.3 is 17.9 Å². The van der Waals surface area contributed by atoms with Crippen molar-refractivity contribution >= 4 is 46.5 Å². The number of rotatable bonds is 16. The molecule has 14 heteroatoms. The molecule has 0 saturated heterocycles. The molecule has 0 aliphatic carbocycles. The van der Waals surface area contributed by atoms with Crippen molar-refractivity contribution in [2.24, 2.45) is 5.73 Å². The fourth-order valence-electron chi connectivity index (χ4n) is 4.42. The van der Waals surface area contributed by atoms with Crippen molar-refractivity contribution in [3.05, 3.63) is 71.9 Å². The number of para-hydroxylation sites is 1. The van der Waals surface area contributed by atoms with Crippen molar-refractivity contribution in [1.29, 1.82) is 0 Å². The van der Waals surface area contributed by atoms with Gasteiger partial charge in [-0.1, -0.05) is 48.5 Å². The van der Waals surface area contributed by atoms with Crippen molar-refractivity contribution in [3.8, 4) is 0 Å². The van der Waals surface area contributed by atoms with E-state index in [0.29, 0.717) is 5.56 Å². The van der Waals surface area contributed by atoms with Crippen LogP contribution in [0.2, 0.25) is 0 Å². The number of carboxylic acid groups (broad SMARTS) is 3. The Kier molecular flexibility index (Phi) is 11.3. The topological polar surface area (TPSA) is 241 Å². The van der Waals surface area contributed by atoms with Crippen LogP contribution >= 0.6 is 0 Å². The van der Waals surface area contributed by atoms with Crippen LogP contribution < -0.4 is 21.7 Å². The molecule has 0 fully saturated rings. The number of fused-ring (bicyclic) bond motifs is 1. The molecular weight excluding hydrogens is 562 g/mol. The van der Waals surface area contributed by atoms with Crippen molar-refractivity contribution in [1.82, 2.24) is 20.9 Å². The van der Waals surface area contributed by atoms with E-state index in [4.69, 9.17) is 15.9 Å². The van der Waals surface area contributed by atoms with E-state index in [1.165, 1.54) is 0 Å². The highest BCUT2D eigenvalue weighted by molar-refractivity contribution is 5.95. The van der Waals surface area contributed by atoms with Crippen LogP contribution in [0.15, 0.2) is 60.8 Å². The number of nitrogens with one attached hydrogen (secondary N) is 4. The van der Waals surface area contributed by atoms with Crippen molar-refractivity contribution < 1.29 is 44.1 Å². The number of nitrogens with two attached hydrogens (primary N) is 1. The largest absolute Gasteiger partial charge is 0.481 e. The van der Waals surface area contributed by atoms with Gasteiger partial charge in [-0.15, -0.1) is 0 Å². The Hall–Kier alpha value is -5.24. The number of aromatic nitrogens is 1. The lowest BCUT2D eigenvalue weighted by molar-refractivity contribution is -0.147. The number of amides is 3. The highest BCUT2D eigenvalue weighted by Crippen LogP contribution is 2.19. The Morgan fingerprint density at radius 1 is 0.721 bits per heavy atom. The molecule has 0 aliphatic rings. The van der Waals surface area contributed by atoms with Gasteiger partial charge in [0.05, 0.1) is 12.5 Å². The minimum absolute atomic E-state index is 0.0117. The molecule has 0 saturated carbocycles. The maximum Gasteiger partial charge on any atom is 0.326 e. The predicted octanol–water partition coefficient (Wildman–Crippen LogP) is 0.159. The third kappa shape index (κ3) is 9.67. The summed E-state index contributed by atoms with van der Waals surface area (Å²) in [6.45, 7) is 0. The Labute approximate surface area is 245 Å². The third-order valence-electron chi connectivity index (χ3n) is 6.64. The average molecular weight is 596 g/mol. The van der Waals surface area contributed by atoms with Gasteiger partial charge < -0.3 is 42.0 Å². The third-order valence-corrected chi connectivity index (χ3v) is 6.64. The highest BCUT2D eigenvalue weighted by Gasteiger charge is 2.31. The molecule has 2 aromatic carbocycles. The number of hydrogen-bond acceptors (Lipinski definition) is 7. The molecular formula is C29H33N5O9. The molecule has 9 N–H and O–H groups in total. The fourth-order valence-corrected chi connectivity index (χ4v) is 4.42. The van der Waals surface area contributed by atoms with Gasteiger partial charge in [-0.25, -0.2) is 4.79 Å². The van der Waals surface area contributed by atoms with Crippen LogP contribution in [0, 0.1) is 0 Å². The number of carboxylic acids is 3. The molecule has 14 nitrogen and oxygen atoms in total. The number of carbonyl (C=O) groups excluding carboxylic acids is 3. The van der Waals surface area contributed by atoms with E-state index in [0.717, 1.165) is 16.5 Å². The molecule has 3 amide bonds. The molecule has 4 atom stereocenters. The number of aromatic amines is 1. The van der Waals surface area contributed by atoms with E-state index in [2.05, 4.69) is 15.6 Å². The zero-order valence-electron chi connectivity index (χ0n) is 23.0. The van der Waals surface area contributed by atoms with Gasteiger partial charge in [0, 0.05) is 29.9 Å². The summed E-state index contributed by atoms with van der Waals surface area (Å²) in [4.78, 5) is 76.3. The molecule has 4 unspecified atom stereocenters. The lowest BCUT2D eigenvalue weighted by Crippen LogP contribution is -2.58. The van der Waals surface area contributed by atoms with Crippen LogP contribution in [0.4, 0.5) is 0 Å². The first-order valence-corrected chi connectivity index (χ1v) is 13.4. The van der Waals surface area contributed by atoms with Gasteiger partial charge in [0.15, 0.2) is 0 Å². The molecule has 0 radical (unpaired) electrons. The average Bonchev–Trinajstić information content (AvgIpc) is 3.37. The number of benzene rings is 2. The Morgan fingerprint density at radius 3 is 1.98 bits per heavy atom. The summed E-state index contributed by atoms with van der Waals surface area (Å²) >= 11 is 0. The van der Waals surface area contributed by atoms with Crippen LogP contribution in [0.1, 0.15) is 30.4 Å². The summed E-state index contributed by atoms with van der Waals surface area (Å²) in [5.41, 5.74) is 8.52. The van der Waals surface area contributed by atoms with E-state index in [1.807, 2.05) is 29.6 Å². The van der Waals surface area contributed by atoms with Gasteiger partial charge in [-0.2, -0.15) is 0 Å². The smallest absolute Gasteiger partial charge is 0.326 e. The quantitative estimate of drug-likeness (QED) is 0.111. The van der Waals surface area contributed by atoms with Gasteiger partial charge in [-0.05, 0) is 30.0 Å². The molecule has 0 spiro atoms. The van der Waals surface area contributed by atoms with E-state index < -0.39 is 79.1 Å². The van der Waals surface area contributed by atoms with E-state index in [1.54, 1.807) is 36.5 Å². The normalized spacial score (nSPS) is 13.7. The molecule has 43 heavy (non-hydrogen) atoms. The summed E-state index contributed by atoms with van der Waals surface area (Å²) in [6.07, 6.45) is -0.0612. The zero-order valence-corrected chi connectivity index (χ0v) is 23.0. The predicted molar refractivity (Wildman–Crippen MR) is 153 cm³/mol. The lowest BCUT2D eigenvalue weighted by Gasteiger charge is -2.25. The molecule has 1 heterocycles. The van der Waals surface area contributed by atoms with Crippen LogP contribution in [0.5, 0.6) is 0 Å². The summed E-state index contributed by atoms with van der Waals surface area (Å²) in [5.74, 6) is -7.01. The zero-order chi connectivity index (χ0) is 31.5. The van der Waals surface area contributed by atoms with Crippen molar-refractivity contribution in [3.63, 3.8) is 0 Å².